The molecule has 0 spiro atoms. The number of aliphatic hydroxyl groups excluding tert-OH is 1. The van der Waals surface area contributed by atoms with E-state index in [1.54, 1.807) is 4.31 Å². The van der Waals surface area contributed by atoms with Crippen LogP contribution in [0.4, 0.5) is 0 Å². The predicted molar refractivity (Wildman–Crippen MR) is 76.3 cm³/mol. The van der Waals surface area contributed by atoms with Gasteiger partial charge < -0.3 is 5.11 Å². The second-order valence-electron chi connectivity index (χ2n) is 5.20. The maximum Gasteiger partial charge on any atom is 0.0689 e. The number of hydrogen-bond donors (Lipinski definition) is 1. The summed E-state index contributed by atoms with van der Waals surface area (Å²) in [5.41, 5.74) is 1.17. The molecule has 100 valence electrons. The predicted octanol–water partition coefficient (Wildman–Crippen LogP) is 1.87. The van der Waals surface area contributed by atoms with Gasteiger partial charge in [0.25, 0.3) is 0 Å². The summed E-state index contributed by atoms with van der Waals surface area (Å²) in [5.74, 6) is 4.31. The van der Waals surface area contributed by atoms with Crippen LogP contribution in [0.2, 0.25) is 0 Å². The molecule has 1 fully saturated rings. The normalized spacial score (nSPS) is 24.3. The third-order valence-electron chi connectivity index (χ3n) is 3.44. The highest BCUT2D eigenvalue weighted by atomic mass is 32.2. The molecule has 3 nitrogen and oxygen atoms in total. The Labute approximate surface area is 110 Å². The zero-order valence-electron chi connectivity index (χ0n) is 11.0. The van der Waals surface area contributed by atoms with Gasteiger partial charge in [0.15, 0.2) is 0 Å². The Morgan fingerprint density at radius 1 is 1.50 bits per heavy atom. The van der Waals surface area contributed by atoms with Crippen LogP contribution < -0.4 is 0 Å². The molecule has 2 rings (SSSR count). The summed E-state index contributed by atoms with van der Waals surface area (Å²) >= 11 is 0. The second kappa shape index (κ2) is 5.03. The molecule has 1 aromatic carbocycles. The first-order valence-corrected chi connectivity index (χ1v) is 8.00. The summed E-state index contributed by atoms with van der Waals surface area (Å²) < 4.78 is 14.6. The van der Waals surface area contributed by atoms with Crippen LogP contribution >= 0.6 is 0 Å². The number of nitrogens with zero attached hydrogens (tertiary/aromatic N) is 1. The van der Waals surface area contributed by atoms with Crippen LogP contribution in [0.1, 0.15) is 31.7 Å². The molecule has 0 aromatic heterocycles. The maximum atomic E-state index is 12.8. The Bertz CT molecular complexity index is 522. The molecule has 0 radical (unpaired) electrons. The molecule has 18 heavy (non-hydrogen) atoms. The Morgan fingerprint density at radius 2 is 2.22 bits per heavy atom. The molecular formula is C14H21NO2S. The molecule has 1 aliphatic heterocycles. The van der Waals surface area contributed by atoms with Gasteiger partial charge in [0.2, 0.25) is 0 Å². The first-order chi connectivity index (χ1) is 8.41. The Kier molecular flexibility index (Phi) is 3.80. The highest BCUT2D eigenvalue weighted by molar-refractivity contribution is 7.98. The van der Waals surface area contributed by atoms with Crippen molar-refractivity contribution in [3.05, 3.63) is 29.8 Å². The Balaban J connectivity index is 2.32. The molecule has 0 aliphatic carbocycles. The van der Waals surface area contributed by atoms with Crippen LogP contribution in [0.3, 0.4) is 0 Å². The van der Waals surface area contributed by atoms with Crippen molar-refractivity contribution in [1.29, 1.82) is 0 Å². The molecule has 0 saturated carbocycles. The summed E-state index contributed by atoms with van der Waals surface area (Å²) in [6, 6.07) is 7.82. The highest BCUT2D eigenvalue weighted by Gasteiger charge is 2.27. The lowest BCUT2D eigenvalue weighted by molar-refractivity contribution is 0.190. The number of hydrogen-bond acceptors (Lipinski definition) is 2. The lowest BCUT2D eigenvalue weighted by Crippen LogP contribution is -2.29. The van der Waals surface area contributed by atoms with Crippen molar-refractivity contribution in [1.82, 2.24) is 4.31 Å². The van der Waals surface area contributed by atoms with Gasteiger partial charge in [-0.25, -0.2) is 8.51 Å². The Hall–Kier alpha value is -0.840. The summed E-state index contributed by atoms with van der Waals surface area (Å²) in [6.07, 6.45) is 0.303. The Morgan fingerprint density at radius 3 is 2.78 bits per heavy atom. The van der Waals surface area contributed by atoms with E-state index in [2.05, 4.69) is 19.7 Å². The minimum Gasteiger partial charge on any atom is -0.392 e. The zero-order chi connectivity index (χ0) is 13.3. The third-order valence-corrected chi connectivity index (χ3v) is 5.59. The first kappa shape index (κ1) is 13.6. The van der Waals surface area contributed by atoms with Crippen LogP contribution in [-0.2, 0) is 9.71 Å². The van der Waals surface area contributed by atoms with Crippen LogP contribution in [0.15, 0.2) is 29.2 Å². The van der Waals surface area contributed by atoms with Gasteiger partial charge in [-0.15, -0.1) is 0 Å². The molecular weight excluding hydrogens is 246 g/mol. The van der Waals surface area contributed by atoms with Gasteiger partial charge in [-0.3, -0.25) is 0 Å². The molecule has 1 heterocycles. The molecule has 1 aliphatic rings. The minimum atomic E-state index is -2.45. The lowest BCUT2D eigenvalue weighted by Gasteiger charge is -2.21. The van der Waals surface area contributed by atoms with Crippen molar-refractivity contribution < 1.29 is 9.32 Å². The van der Waals surface area contributed by atoms with Crippen molar-refractivity contribution in [3.63, 3.8) is 0 Å². The number of rotatable bonds is 3. The van der Waals surface area contributed by atoms with E-state index in [4.69, 9.17) is 0 Å². The molecule has 1 N–H and O–H groups in total. The molecule has 0 bridgehead atoms. The fourth-order valence-corrected chi connectivity index (χ4v) is 3.92. The van der Waals surface area contributed by atoms with Crippen molar-refractivity contribution in [2.24, 2.45) is 0 Å². The number of benzene rings is 1. The minimum absolute atomic E-state index is 0.374. The summed E-state index contributed by atoms with van der Waals surface area (Å²) in [6.45, 7) is 5.33. The monoisotopic (exact) mass is 267 g/mol. The summed E-state index contributed by atoms with van der Waals surface area (Å²) in [5, 5.41) is 9.56. The molecule has 1 saturated heterocycles. The van der Waals surface area contributed by atoms with Crippen molar-refractivity contribution in [2.75, 3.05) is 13.1 Å². The first-order valence-electron chi connectivity index (χ1n) is 6.31. The summed E-state index contributed by atoms with van der Waals surface area (Å²) in [4.78, 5) is 0.766. The molecule has 1 unspecified atom stereocenters. The van der Waals surface area contributed by atoms with Gasteiger partial charge in [0.1, 0.15) is 0 Å². The number of β-amino-alcohol motifs (C(OH)–C–C–N with tert-alkyl or cyclic N) is 1. The molecule has 2 atom stereocenters. The quantitative estimate of drug-likeness (QED) is 0.849. The van der Waals surface area contributed by atoms with Crippen LogP contribution in [-0.4, -0.2) is 38.7 Å². The molecule has 4 heteroatoms. The van der Waals surface area contributed by atoms with E-state index in [1.807, 2.05) is 24.3 Å². The van der Waals surface area contributed by atoms with Gasteiger partial charge in [-0.2, -0.15) is 0 Å². The zero-order valence-corrected chi connectivity index (χ0v) is 11.8. The smallest absolute Gasteiger partial charge is 0.0689 e. The fraction of sp³-hybridized carbons (Fsp3) is 0.500. The molecule has 0 amide bonds. The van der Waals surface area contributed by atoms with Gasteiger partial charge in [-0.05, 0) is 35.9 Å². The average Bonchev–Trinajstić information content (AvgIpc) is 2.77. The highest BCUT2D eigenvalue weighted by Crippen LogP contribution is 2.24. The van der Waals surface area contributed by atoms with E-state index in [1.165, 1.54) is 5.56 Å². The van der Waals surface area contributed by atoms with Crippen molar-refractivity contribution >= 4 is 15.6 Å². The topological polar surface area (TPSA) is 40.5 Å². The van der Waals surface area contributed by atoms with Gasteiger partial charge in [0, 0.05) is 18.0 Å². The SMILES string of the molecule is C=S(=O)(c1cccc(C(C)C)c1)N1CC[C@H](O)C1. The van der Waals surface area contributed by atoms with Crippen LogP contribution in [0.25, 0.3) is 0 Å². The van der Waals surface area contributed by atoms with E-state index in [0.717, 1.165) is 4.90 Å². The standard InChI is InChI=1S/C14H21NO2S/c1-11(2)12-5-4-6-14(9-12)18(3,17)15-8-7-13(16)10-15/h4-6,9,11,13,16H,3,7-8,10H2,1-2H3/t13-,18?/m0/s1. The molecule has 1 aromatic rings. The largest absolute Gasteiger partial charge is 0.392 e. The van der Waals surface area contributed by atoms with E-state index in [-0.39, 0.29) is 6.10 Å². The van der Waals surface area contributed by atoms with Crippen LogP contribution in [0.5, 0.6) is 0 Å². The summed E-state index contributed by atoms with van der Waals surface area (Å²) in [7, 11) is -2.45. The van der Waals surface area contributed by atoms with Crippen molar-refractivity contribution in [2.45, 2.75) is 37.2 Å². The van der Waals surface area contributed by atoms with Gasteiger partial charge in [-0.1, -0.05) is 26.0 Å². The third kappa shape index (κ3) is 2.60. The number of aliphatic hydroxyl groups is 1. The van der Waals surface area contributed by atoms with E-state index in [0.29, 0.717) is 25.4 Å². The second-order valence-corrected chi connectivity index (χ2v) is 7.47. The average molecular weight is 267 g/mol. The fourth-order valence-electron chi connectivity index (χ4n) is 2.20. The van der Waals surface area contributed by atoms with E-state index >= 15 is 0 Å². The maximum absolute atomic E-state index is 12.8. The van der Waals surface area contributed by atoms with Crippen LogP contribution in [0, 0.1) is 0 Å². The lowest BCUT2D eigenvalue weighted by atomic mass is 10.0. The van der Waals surface area contributed by atoms with Gasteiger partial charge in [0.05, 0.1) is 15.8 Å². The van der Waals surface area contributed by atoms with E-state index < -0.39 is 9.71 Å². The van der Waals surface area contributed by atoms with Crippen molar-refractivity contribution in [3.8, 4) is 0 Å². The van der Waals surface area contributed by atoms with Gasteiger partial charge >= 0.3 is 0 Å². The van der Waals surface area contributed by atoms with E-state index in [9.17, 15) is 9.32 Å².